The molecule has 0 spiro atoms. The summed E-state index contributed by atoms with van der Waals surface area (Å²) in [5, 5.41) is 10.3. The summed E-state index contributed by atoms with van der Waals surface area (Å²) in [7, 11) is 0. The Balaban J connectivity index is 1.99. The molecule has 0 aliphatic rings. The van der Waals surface area contributed by atoms with Crippen LogP contribution in [0.5, 0.6) is 0 Å². The minimum absolute atomic E-state index is 0.00690. The molecule has 1 aromatic heterocycles. The molecule has 146 valence electrons. The smallest absolute Gasteiger partial charge is 0.320 e. The van der Waals surface area contributed by atoms with Gasteiger partial charge in [-0.1, -0.05) is 48.9 Å². The molecule has 3 aromatic rings. The molecule has 28 heavy (non-hydrogen) atoms. The Bertz CT molecular complexity index is 991. The number of hydrogen-bond acceptors (Lipinski definition) is 3. The molecule has 0 saturated heterocycles. The van der Waals surface area contributed by atoms with Crippen molar-refractivity contribution in [1.82, 2.24) is 15.0 Å². The first kappa shape index (κ1) is 19.6. The summed E-state index contributed by atoms with van der Waals surface area (Å²) in [4.78, 5) is 12.7. The van der Waals surface area contributed by atoms with Crippen LogP contribution in [0.4, 0.5) is 18.9 Å². The lowest BCUT2D eigenvalue weighted by atomic mass is 10.1. The van der Waals surface area contributed by atoms with Gasteiger partial charge in [-0.25, -0.2) is 4.68 Å². The van der Waals surface area contributed by atoms with Crippen LogP contribution in [-0.4, -0.2) is 20.9 Å². The lowest BCUT2D eigenvalue weighted by Gasteiger charge is -2.14. The first-order valence-corrected chi connectivity index (χ1v) is 8.68. The third kappa shape index (κ3) is 3.90. The Labute approximate surface area is 160 Å². The molecule has 0 fully saturated rings. The minimum Gasteiger partial charge on any atom is -0.320 e. The number of anilines is 1. The number of halogens is 3. The van der Waals surface area contributed by atoms with Crippen molar-refractivity contribution < 1.29 is 18.0 Å². The van der Waals surface area contributed by atoms with Gasteiger partial charge >= 0.3 is 6.18 Å². The summed E-state index contributed by atoms with van der Waals surface area (Å²) >= 11 is 0. The van der Waals surface area contributed by atoms with Gasteiger partial charge in [0.2, 0.25) is 0 Å². The Morgan fingerprint density at radius 2 is 1.71 bits per heavy atom. The van der Waals surface area contributed by atoms with Crippen molar-refractivity contribution in [2.24, 2.45) is 0 Å². The van der Waals surface area contributed by atoms with Crippen LogP contribution >= 0.6 is 0 Å². The number of hydrogen-bond donors (Lipinski definition) is 1. The maximum atomic E-state index is 13.2. The van der Waals surface area contributed by atoms with E-state index in [1.165, 1.54) is 22.9 Å². The summed E-state index contributed by atoms with van der Waals surface area (Å²) < 4.78 is 41.1. The Hall–Kier alpha value is -3.16. The Kier molecular flexibility index (Phi) is 5.22. The molecule has 0 saturated carbocycles. The van der Waals surface area contributed by atoms with E-state index in [1.54, 1.807) is 0 Å². The third-order valence-corrected chi connectivity index (χ3v) is 4.23. The molecule has 0 unspecified atom stereocenters. The van der Waals surface area contributed by atoms with E-state index in [-0.39, 0.29) is 17.3 Å². The fourth-order valence-corrected chi connectivity index (χ4v) is 2.87. The van der Waals surface area contributed by atoms with Gasteiger partial charge in [0.15, 0.2) is 5.69 Å². The molecule has 0 radical (unpaired) electrons. The largest absolute Gasteiger partial charge is 0.418 e. The first-order valence-electron chi connectivity index (χ1n) is 8.68. The second kappa shape index (κ2) is 7.46. The zero-order valence-corrected chi connectivity index (χ0v) is 15.6. The number of alkyl halides is 3. The van der Waals surface area contributed by atoms with Gasteiger partial charge in [-0.05, 0) is 37.1 Å². The van der Waals surface area contributed by atoms with Gasteiger partial charge < -0.3 is 5.32 Å². The van der Waals surface area contributed by atoms with E-state index in [0.29, 0.717) is 5.69 Å². The summed E-state index contributed by atoms with van der Waals surface area (Å²) in [6, 6.07) is 12.3. The van der Waals surface area contributed by atoms with E-state index < -0.39 is 17.6 Å². The molecular weight excluding hydrogens is 369 g/mol. The minimum atomic E-state index is -4.58. The number of carbonyl (C=O) groups excluding carboxylic acids is 1. The van der Waals surface area contributed by atoms with Gasteiger partial charge in [-0.3, -0.25) is 4.79 Å². The highest BCUT2D eigenvalue weighted by Gasteiger charge is 2.34. The number of benzene rings is 2. The van der Waals surface area contributed by atoms with Crippen LogP contribution in [0, 0.1) is 6.92 Å². The molecule has 0 bridgehead atoms. The molecule has 2 aromatic carbocycles. The second-order valence-electron chi connectivity index (χ2n) is 6.72. The van der Waals surface area contributed by atoms with E-state index in [1.807, 2.05) is 45.0 Å². The monoisotopic (exact) mass is 388 g/mol. The molecule has 5 nitrogen and oxygen atoms in total. The number of aryl methyl sites for hydroxylation is 1. The van der Waals surface area contributed by atoms with Crippen LogP contribution in [0.2, 0.25) is 0 Å². The van der Waals surface area contributed by atoms with Crippen LogP contribution in [0.25, 0.3) is 5.69 Å². The van der Waals surface area contributed by atoms with Crippen molar-refractivity contribution in [3.63, 3.8) is 0 Å². The van der Waals surface area contributed by atoms with Crippen LogP contribution in [-0.2, 0) is 6.18 Å². The molecule has 1 amide bonds. The number of para-hydroxylation sites is 1. The third-order valence-electron chi connectivity index (χ3n) is 4.23. The molecule has 1 heterocycles. The van der Waals surface area contributed by atoms with Crippen LogP contribution in [0.1, 0.15) is 47.1 Å². The molecule has 0 aliphatic heterocycles. The number of amides is 1. The summed E-state index contributed by atoms with van der Waals surface area (Å²) in [5.74, 6) is -0.867. The average Bonchev–Trinajstić information content (AvgIpc) is 3.07. The van der Waals surface area contributed by atoms with Crippen molar-refractivity contribution in [2.75, 3.05) is 5.32 Å². The number of rotatable bonds is 4. The van der Waals surface area contributed by atoms with Crippen LogP contribution in [0.3, 0.4) is 0 Å². The summed E-state index contributed by atoms with van der Waals surface area (Å²) in [5.41, 5.74) is 1.06. The highest BCUT2D eigenvalue weighted by molar-refractivity contribution is 6.04. The van der Waals surface area contributed by atoms with Gasteiger partial charge in [0.1, 0.15) is 0 Å². The average molecular weight is 388 g/mol. The van der Waals surface area contributed by atoms with E-state index in [4.69, 9.17) is 0 Å². The standard InChI is InChI=1S/C20H19F3N4O/c1-12(2)18-17(25-26-27(18)14-10-8-13(3)9-11-14)19(28)24-16-7-5-4-6-15(16)20(21,22)23/h4-12H,1-3H3,(H,24,28). The molecule has 0 atom stereocenters. The number of carbonyl (C=O) groups is 1. The fraction of sp³-hybridized carbons (Fsp3) is 0.250. The van der Waals surface area contributed by atoms with Crippen LogP contribution in [0.15, 0.2) is 48.5 Å². The first-order chi connectivity index (χ1) is 13.2. The fourth-order valence-electron chi connectivity index (χ4n) is 2.87. The van der Waals surface area contributed by atoms with E-state index in [9.17, 15) is 18.0 Å². The number of aromatic nitrogens is 3. The lowest BCUT2D eigenvalue weighted by Crippen LogP contribution is -2.19. The van der Waals surface area contributed by atoms with Gasteiger partial charge in [0.25, 0.3) is 5.91 Å². The summed E-state index contributed by atoms with van der Waals surface area (Å²) in [6.07, 6.45) is -4.58. The maximum absolute atomic E-state index is 13.2. The highest BCUT2D eigenvalue weighted by atomic mass is 19.4. The zero-order valence-electron chi connectivity index (χ0n) is 15.6. The van der Waals surface area contributed by atoms with Gasteiger partial charge in [0, 0.05) is 0 Å². The normalized spacial score (nSPS) is 11.7. The van der Waals surface area contributed by atoms with Crippen molar-refractivity contribution in [2.45, 2.75) is 32.9 Å². The SMILES string of the molecule is Cc1ccc(-n2nnc(C(=O)Nc3ccccc3C(F)(F)F)c2C(C)C)cc1. The van der Waals surface area contributed by atoms with Crippen molar-refractivity contribution >= 4 is 11.6 Å². The molecule has 3 rings (SSSR count). The number of nitrogens with one attached hydrogen (secondary N) is 1. The second-order valence-corrected chi connectivity index (χ2v) is 6.72. The van der Waals surface area contributed by atoms with Gasteiger partial charge in [0.05, 0.1) is 22.6 Å². The predicted molar refractivity (Wildman–Crippen MR) is 99.6 cm³/mol. The zero-order chi connectivity index (χ0) is 20.5. The Morgan fingerprint density at radius 3 is 2.32 bits per heavy atom. The predicted octanol–water partition coefficient (Wildman–Crippen LogP) is 4.97. The quantitative estimate of drug-likeness (QED) is 0.686. The maximum Gasteiger partial charge on any atom is 0.418 e. The molecule has 1 N–H and O–H groups in total. The van der Waals surface area contributed by atoms with Gasteiger partial charge in [-0.15, -0.1) is 5.10 Å². The van der Waals surface area contributed by atoms with E-state index in [2.05, 4.69) is 15.6 Å². The number of nitrogens with zero attached hydrogens (tertiary/aromatic N) is 3. The topological polar surface area (TPSA) is 59.8 Å². The van der Waals surface area contributed by atoms with Crippen LogP contribution < -0.4 is 5.32 Å². The molecular formula is C20H19F3N4O. The highest BCUT2D eigenvalue weighted by Crippen LogP contribution is 2.35. The summed E-state index contributed by atoms with van der Waals surface area (Å²) in [6.45, 7) is 5.68. The molecule has 8 heteroatoms. The van der Waals surface area contributed by atoms with Gasteiger partial charge in [-0.2, -0.15) is 13.2 Å². The van der Waals surface area contributed by atoms with Crippen molar-refractivity contribution in [3.05, 3.63) is 71.0 Å². The van der Waals surface area contributed by atoms with Crippen molar-refractivity contribution in [1.29, 1.82) is 0 Å². The van der Waals surface area contributed by atoms with E-state index in [0.717, 1.165) is 17.3 Å². The Morgan fingerprint density at radius 1 is 1.07 bits per heavy atom. The van der Waals surface area contributed by atoms with Crippen molar-refractivity contribution in [3.8, 4) is 5.69 Å². The lowest BCUT2D eigenvalue weighted by molar-refractivity contribution is -0.136. The molecule has 0 aliphatic carbocycles. The van der Waals surface area contributed by atoms with E-state index >= 15 is 0 Å².